The van der Waals surface area contributed by atoms with Gasteiger partial charge in [-0.3, -0.25) is 9.59 Å². The van der Waals surface area contributed by atoms with Gasteiger partial charge in [0.15, 0.2) is 6.29 Å². The Kier molecular flexibility index (Phi) is 3.53. The zero-order valence-corrected chi connectivity index (χ0v) is 10.0. The molecular formula is C15H13NO2. The highest BCUT2D eigenvalue weighted by molar-refractivity contribution is 6.07. The Bertz CT molecular complexity index is 591. The maximum atomic E-state index is 12.1. The number of amides is 1. The zero-order valence-electron chi connectivity index (χ0n) is 10.0. The lowest BCUT2D eigenvalue weighted by Gasteiger charge is -2.09. The Hall–Kier alpha value is -2.42. The molecule has 3 heteroatoms. The fourth-order valence-corrected chi connectivity index (χ4v) is 1.73. The van der Waals surface area contributed by atoms with Crippen molar-refractivity contribution in [1.29, 1.82) is 0 Å². The highest BCUT2D eigenvalue weighted by atomic mass is 16.1. The van der Waals surface area contributed by atoms with Crippen LogP contribution >= 0.6 is 0 Å². The van der Waals surface area contributed by atoms with E-state index in [1.54, 1.807) is 30.3 Å². The molecule has 3 nitrogen and oxygen atoms in total. The van der Waals surface area contributed by atoms with Crippen molar-refractivity contribution in [3.8, 4) is 0 Å². The molecule has 1 amide bonds. The lowest BCUT2D eigenvalue weighted by atomic mass is 10.1. The molecule has 18 heavy (non-hydrogen) atoms. The summed E-state index contributed by atoms with van der Waals surface area (Å²) in [5, 5.41) is 2.75. The molecule has 90 valence electrons. The second-order valence-electron chi connectivity index (χ2n) is 3.97. The number of anilines is 1. The normalized spacial score (nSPS) is 9.83. The van der Waals surface area contributed by atoms with Crippen molar-refractivity contribution < 1.29 is 9.59 Å². The monoisotopic (exact) mass is 239 g/mol. The standard InChI is InChI=1S/C15H13NO2/c1-11-6-2-4-8-13(11)15(18)16-14-9-5-3-7-12(14)10-17/h2-10H,1H3,(H,16,18). The first-order valence-electron chi connectivity index (χ1n) is 5.63. The van der Waals surface area contributed by atoms with Gasteiger partial charge in [0.05, 0.1) is 5.69 Å². The average molecular weight is 239 g/mol. The topological polar surface area (TPSA) is 46.2 Å². The molecule has 0 spiro atoms. The molecular weight excluding hydrogens is 226 g/mol. The maximum Gasteiger partial charge on any atom is 0.255 e. The number of nitrogens with one attached hydrogen (secondary N) is 1. The van der Waals surface area contributed by atoms with Crippen LogP contribution in [0.4, 0.5) is 5.69 Å². The second kappa shape index (κ2) is 5.27. The van der Waals surface area contributed by atoms with E-state index in [0.717, 1.165) is 11.8 Å². The summed E-state index contributed by atoms with van der Waals surface area (Å²) in [5.41, 5.74) is 2.51. The van der Waals surface area contributed by atoms with Crippen molar-refractivity contribution >= 4 is 17.9 Å². The lowest BCUT2D eigenvalue weighted by molar-refractivity contribution is 0.102. The Morgan fingerprint density at radius 3 is 2.44 bits per heavy atom. The molecule has 0 fully saturated rings. The Morgan fingerprint density at radius 2 is 1.72 bits per heavy atom. The van der Waals surface area contributed by atoms with Crippen molar-refractivity contribution in [2.24, 2.45) is 0 Å². The minimum absolute atomic E-state index is 0.206. The van der Waals surface area contributed by atoms with Crippen LogP contribution in [-0.4, -0.2) is 12.2 Å². The van der Waals surface area contributed by atoms with Crippen LogP contribution in [0, 0.1) is 6.92 Å². The van der Waals surface area contributed by atoms with Gasteiger partial charge in [-0.15, -0.1) is 0 Å². The van der Waals surface area contributed by atoms with Gasteiger partial charge in [0, 0.05) is 11.1 Å². The summed E-state index contributed by atoms with van der Waals surface area (Å²) in [4.78, 5) is 22.9. The first-order chi connectivity index (χ1) is 8.72. The van der Waals surface area contributed by atoms with Crippen LogP contribution in [0.2, 0.25) is 0 Å². The van der Waals surface area contributed by atoms with Gasteiger partial charge in [0.1, 0.15) is 0 Å². The molecule has 0 bridgehead atoms. The van der Waals surface area contributed by atoms with Crippen molar-refractivity contribution in [1.82, 2.24) is 0 Å². The third-order valence-corrected chi connectivity index (χ3v) is 2.73. The molecule has 0 aliphatic carbocycles. The Balaban J connectivity index is 2.27. The summed E-state index contributed by atoms with van der Waals surface area (Å²) in [7, 11) is 0. The summed E-state index contributed by atoms with van der Waals surface area (Å²) in [6, 6.07) is 14.2. The van der Waals surface area contributed by atoms with Crippen molar-refractivity contribution in [2.75, 3.05) is 5.32 Å². The molecule has 0 aromatic heterocycles. The van der Waals surface area contributed by atoms with Gasteiger partial charge in [0.2, 0.25) is 0 Å². The molecule has 2 rings (SSSR count). The van der Waals surface area contributed by atoms with Crippen LogP contribution < -0.4 is 5.32 Å². The predicted octanol–water partition coefficient (Wildman–Crippen LogP) is 3.06. The van der Waals surface area contributed by atoms with E-state index in [9.17, 15) is 9.59 Å². The van der Waals surface area contributed by atoms with Gasteiger partial charge < -0.3 is 5.32 Å². The van der Waals surface area contributed by atoms with Crippen LogP contribution in [0.1, 0.15) is 26.3 Å². The first-order valence-corrected chi connectivity index (χ1v) is 5.63. The molecule has 0 saturated heterocycles. The van der Waals surface area contributed by atoms with Crippen LogP contribution in [0.25, 0.3) is 0 Å². The quantitative estimate of drug-likeness (QED) is 0.837. The van der Waals surface area contributed by atoms with Crippen LogP contribution in [0.15, 0.2) is 48.5 Å². The third-order valence-electron chi connectivity index (χ3n) is 2.73. The molecule has 1 N–H and O–H groups in total. The molecule has 0 heterocycles. The van der Waals surface area contributed by atoms with Gasteiger partial charge in [-0.25, -0.2) is 0 Å². The van der Waals surface area contributed by atoms with Gasteiger partial charge >= 0.3 is 0 Å². The van der Waals surface area contributed by atoms with E-state index in [2.05, 4.69) is 5.32 Å². The van der Waals surface area contributed by atoms with Crippen LogP contribution in [0.5, 0.6) is 0 Å². The number of benzene rings is 2. The van der Waals surface area contributed by atoms with E-state index < -0.39 is 0 Å². The first kappa shape index (κ1) is 12.0. The molecule has 0 radical (unpaired) electrons. The number of carbonyl (C=O) groups excluding carboxylic acids is 2. The number of rotatable bonds is 3. The number of para-hydroxylation sites is 1. The van der Waals surface area contributed by atoms with E-state index in [-0.39, 0.29) is 5.91 Å². The molecule has 2 aromatic carbocycles. The Morgan fingerprint density at radius 1 is 1.06 bits per heavy atom. The van der Waals surface area contributed by atoms with Crippen molar-refractivity contribution in [3.63, 3.8) is 0 Å². The minimum Gasteiger partial charge on any atom is -0.321 e. The summed E-state index contributed by atoms with van der Waals surface area (Å²) in [6.45, 7) is 1.88. The molecule has 0 atom stereocenters. The van der Waals surface area contributed by atoms with Gasteiger partial charge in [-0.2, -0.15) is 0 Å². The van der Waals surface area contributed by atoms with E-state index in [0.29, 0.717) is 16.8 Å². The summed E-state index contributed by atoms with van der Waals surface area (Å²) >= 11 is 0. The summed E-state index contributed by atoms with van der Waals surface area (Å²) in [6.07, 6.45) is 0.730. The van der Waals surface area contributed by atoms with E-state index in [4.69, 9.17) is 0 Å². The second-order valence-corrected chi connectivity index (χ2v) is 3.97. The molecule has 0 saturated carbocycles. The van der Waals surface area contributed by atoms with Crippen LogP contribution in [-0.2, 0) is 0 Å². The highest BCUT2D eigenvalue weighted by Gasteiger charge is 2.10. The summed E-state index contributed by atoms with van der Waals surface area (Å²) < 4.78 is 0. The molecule has 2 aromatic rings. The molecule has 0 aliphatic heterocycles. The largest absolute Gasteiger partial charge is 0.321 e. The lowest BCUT2D eigenvalue weighted by Crippen LogP contribution is -2.14. The molecule has 0 aliphatic rings. The number of aryl methyl sites for hydroxylation is 1. The summed E-state index contributed by atoms with van der Waals surface area (Å²) in [5.74, 6) is -0.206. The SMILES string of the molecule is Cc1ccccc1C(=O)Nc1ccccc1C=O. The number of carbonyl (C=O) groups is 2. The maximum absolute atomic E-state index is 12.1. The smallest absolute Gasteiger partial charge is 0.255 e. The third kappa shape index (κ3) is 2.46. The average Bonchev–Trinajstić information content (AvgIpc) is 2.39. The predicted molar refractivity (Wildman–Crippen MR) is 71.0 cm³/mol. The van der Waals surface area contributed by atoms with Gasteiger partial charge in [-0.1, -0.05) is 30.3 Å². The van der Waals surface area contributed by atoms with Gasteiger partial charge in [-0.05, 0) is 30.7 Å². The van der Waals surface area contributed by atoms with E-state index >= 15 is 0 Å². The van der Waals surface area contributed by atoms with Crippen LogP contribution in [0.3, 0.4) is 0 Å². The minimum atomic E-state index is -0.206. The fourth-order valence-electron chi connectivity index (χ4n) is 1.73. The number of aldehydes is 1. The van der Waals surface area contributed by atoms with Crippen molar-refractivity contribution in [2.45, 2.75) is 6.92 Å². The van der Waals surface area contributed by atoms with Gasteiger partial charge in [0.25, 0.3) is 5.91 Å². The van der Waals surface area contributed by atoms with E-state index in [1.807, 2.05) is 25.1 Å². The zero-order chi connectivity index (χ0) is 13.0. The number of hydrogen-bond acceptors (Lipinski definition) is 2. The molecule has 0 unspecified atom stereocenters. The Labute approximate surface area is 105 Å². The highest BCUT2D eigenvalue weighted by Crippen LogP contribution is 2.15. The number of hydrogen-bond donors (Lipinski definition) is 1. The van der Waals surface area contributed by atoms with Crippen molar-refractivity contribution in [3.05, 3.63) is 65.2 Å². The fraction of sp³-hybridized carbons (Fsp3) is 0.0667. The van der Waals surface area contributed by atoms with E-state index in [1.165, 1.54) is 0 Å².